The van der Waals surface area contributed by atoms with E-state index in [4.69, 9.17) is 16.3 Å². The van der Waals surface area contributed by atoms with Crippen LogP contribution in [-0.2, 0) is 0 Å². The van der Waals surface area contributed by atoms with E-state index in [0.29, 0.717) is 16.5 Å². The van der Waals surface area contributed by atoms with E-state index in [1.807, 2.05) is 13.0 Å². The Balaban J connectivity index is 1.60. The molecule has 4 heteroatoms. The van der Waals surface area contributed by atoms with Gasteiger partial charge in [-0.25, -0.2) is 4.98 Å². The van der Waals surface area contributed by atoms with Crippen molar-refractivity contribution < 1.29 is 4.74 Å². The molecule has 18 heavy (non-hydrogen) atoms. The first-order valence-electron chi connectivity index (χ1n) is 6.66. The van der Waals surface area contributed by atoms with E-state index in [0.717, 1.165) is 24.3 Å². The molecule has 1 aliphatic carbocycles. The summed E-state index contributed by atoms with van der Waals surface area (Å²) in [6.45, 7) is 4.38. The summed E-state index contributed by atoms with van der Waals surface area (Å²) >= 11 is 5.90. The van der Waals surface area contributed by atoms with Gasteiger partial charge < -0.3 is 10.1 Å². The lowest BCUT2D eigenvalue weighted by atomic mass is 9.69. The Bertz CT molecular complexity index is 435. The largest absolute Gasteiger partial charge is 0.474 e. The summed E-state index contributed by atoms with van der Waals surface area (Å²) in [5, 5.41) is 4.05. The van der Waals surface area contributed by atoms with Crippen molar-refractivity contribution in [2.75, 3.05) is 13.1 Å². The first-order chi connectivity index (χ1) is 8.67. The van der Waals surface area contributed by atoms with Gasteiger partial charge in [0.2, 0.25) is 5.88 Å². The molecule has 1 saturated carbocycles. The van der Waals surface area contributed by atoms with Gasteiger partial charge >= 0.3 is 0 Å². The molecule has 1 spiro atoms. The Labute approximate surface area is 113 Å². The predicted octanol–water partition coefficient (Wildman–Crippen LogP) is 2.95. The summed E-state index contributed by atoms with van der Waals surface area (Å²) in [5.74, 6) is 0.743. The molecule has 3 nitrogen and oxygen atoms in total. The van der Waals surface area contributed by atoms with Gasteiger partial charge in [0.05, 0.1) is 5.02 Å². The van der Waals surface area contributed by atoms with Gasteiger partial charge in [-0.1, -0.05) is 11.6 Å². The Morgan fingerprint density at radius 2 is 2.11 bits per heavy atom. The molecular weight excluding hydrogens is 248 g/mol. The second kappa shape index (κ2) is 4.71. The molecule has 2 fully saturated rings. The molecule has 0 atom stereocenters. The van der Waals surface area contributed by atoms with Gasteiger partial charge in [-0.15, -0.1) is 0 Å². The first kappa shape index (κ1) is 12.2. The molecule has 3 rings (SSSR count). The van der Waals surface area contributed by atoms with Crippen LogP contribution in [-0.4, -0.2) is 24.2 Å². The Morgan fingerprint density at radius 3 is 2.67 bits per heavy atom. The summed E-state index contributed by atoms with van der Waals surface area (Å²) in [5.41, 5.74) is 1.61. The zero-order valence-corrected chi connectivity index (χ0v) is 11.5. The molecule has 1 N–H and O–H groups in total. The summed E-state index contributed by atoms with van der Waals surface area (Å²) in [6.07, 6.45) is 6.82. The number of nitrogens with one attached hydrogen (secondary N) is 1. The van der Waals surface area contributed by atoms with Crippen molar-refractivity contribution in [3.63, 3.8) is 0 Å². The minimum absolute atomic E-state index is 0.323. The van der Waals surface area contributed by atoms with Crippen molar-refractivity contribution >= 4 is 11.6 Å². The van der Waals surface area contributed by atoms with Crippen LogP contribution in [0.5, 0.6) is 5.88 Å². The highest BCUT2D eigenvalue weighted by Gasteiger charge is 2.40. The van der Waals surface area contributed by atoms with Gasteiger partial charge in [0.15, 0.2) is 0 Å². The van der Waals surface area contributed by atoms with Crippen LogP contribution < -0.4 is 10.1 Å². The van der Waals surface area contributed by atoms with E-state index in [1.165, 1.54) is 25.9 Å². The molecule has 0 aromatic carbocycles. The second-order valence-electron chi connectivity index (χ2n) is 5.70. The van der Waals surface area contributed by atoms with Gasteiger partial charge in [0.25, 0.3) is 0 Å². The monoisotopic (exact) mass is 266 g/mol. The maximum atomic E-state index is 6.01. The normalized spacial score (nSPS) is 22.8. The minimum atomic E-state index is 0.323. The quantitative estimate of drug-likeness (QED) is 0.894. The molecule has 0 radical (unpaired) electrons. The fraction of sp³-hybridized carbons (Fsp3) is 0.643. The van der Waals surface area contributed by atoms with Gasteiger partial charge in [0.1, 0.15) is 6.10 Å². The van der Waals surface area contributed by atoms with Crippen molar-refractivity contribution in [2.24, 2.45) is 5.41 Å². The van der Waals surface area contributed by atoms with Crippen LogP contribution in [0, 0.1) is 12.3 Å². The number of hydrogen-bond acceptors (Lipinski definition) is 3. The van der Waals surface area contributed by atoms with Gasteiger partial charge in [-0.2, -0.15) is 0 Å². The maximum absolute atomic E-state index is 6.01. The number of rotatable bonds is 2. The average Bonchev–Trinajstić information content (AvgIpc) is 2.32. The Kier molecular flexibility index (Phi) is 3.20. The van der Waals surface area contributed by atoms with Crippen LogP contribution in [0.3, 0.4) is 0 Å². The van der Waals surface area contributed by atoms with Crippen LogP contribution in [0.2, 0.25) is 5.02 Å². The van der Waals surface area contributed by atoms with Crippen LogP contribution in [0.15, 0.2) is 12.3 Å². The highest BCUT2D eigenvalue weighted by molar-refractivity contribution is 6.30. The molecule has 2 aliphatic rings. The number of nitrogens with zero attached hydrogens (tertiary/aromatic N) is 1. The van der Waals surface area contributed by atoms with E-state index in [2.05, 4.69) is 10.3 Å². The molecule has 1 aliphatic heterocycles. The molecule has 0 unspecified atom stereocenters. The second-order valence-corrected chi connectivity index (χ2v) is 6.13. The molecule has 1 aromatic heterocycles. The van der Waals surface area contributed by atoms with Gasteiger partial charge in [0, 0.05) is 24.8 Å². The predicted molar refractivity (Wildman–Crippen MR) is 72.2 cm³/mol. The van der Waals surface area contributed by atoms with Crippen molar-refractivity contribution in [1.29, 1.82) is 0 Å². The van der Waals surface area contributed by atoms with E-state index < -0.39 is 0 Å². The molecule has 2 heterocycles. The van der Waals surface area contributed by atoms with Crippen LogP contribution in [0.25, 0.3) is 0 Å². The molecule has 0 amide bonds. The lowest BCUT2D eigenvalue weighted by Gasteiger charge is -2.47. The van der Waals surface area contributed by atoms with E-state index in [1.54, 1.807) is 6.20 Å². The molecule has 1 saturated heterocycles. The van der Waals surface area contributed by atoms with Crippen molar-refractivity contribution in [2.45, 2.75) is 38.7 Å². The zero-order valence-electron chi connectivity index (χ0n) is 10.7. The fourth-order valence-electron chi connectivity index (χ4n) is 2.96. The first-order valence-corrected chi connectivity index (χ1v) is 7.04. The van der Waals surface area contributed by atoms with Crippen LogP contribution in [0.4, 0.5) is 0 Å². The smallest absolute Gasteiger partial charge is 0.216 e. The lowest BCUT2D eigenvalue weighted by Crippen LogP contribution is -2.55. The van der Waals surface area contributed by atoms with Crippen molar-refractivity contribution in [3.05, 3.63) is 22.8 Å². The summed E-state index contributed by atoms with van der Waals surface area (Å²) in [7, 11) is 0. The highest BCUT2D eigenvalue weighted by atomic mass is 35.5. The molecule has 0 bridgehead atoms. The molecule has 1 aromatic rings. The zero-order chi connectivity index (χ0) is 12.6. The summed E-state index contributed by atoms with van der Waals surface area (Å²) in [4.78, 5) is 4.28. The van der Waals surface area contributed by atoms with E-state index in [-0.39, 0.29) is 0 Å². The number of aryl methyl sites for hydroxylation is 1. The third-order valence-electron chi connectivity index (χ3n) is 4.27. The lowest BCUT2D eigenvalue weighted by molar-refractivity contribution is 0.0399. The topological polar surface area (TPSA) is 34.1 Å². The Morgan fingerprint density at radius 1 is 1.39 bits per heavy atom. The molecule has 98 valence electrons. The summed E-state index contributed by atoms with van der Waals surface area (Å²) < 4.78 is 6.01. The van der Waals surface area contributed by atoms with Crippen LogP contribution in [0.1, 0.15) is 31.2 Å². The number of halogens is 1. The number of aromatic nitrogens is 1. The number of pyridine rings is 1. The highest BCUT2D eigenvalue weighted by Crippen LogP contribution is 2.40. The van der Waals surface area contributed by atoms with Gasteiger partial charge in [-0.05, 0) is 44.1 Å². The number of hydrogen-bond donors (Lipinski definition) is 1. The third-order valence-corrected chi connectivity index (χ3v) is 4.48. The van der Waals surface area contributed by atoms with Crippen LogP contribution >= 0.6 is 11.6 Å². The van der Waals surface area contributed by atoms with E-state index >= 15 is 0 Å². The SMILES string of the molecule is Cc1cc(Cl)cnc1OC1CCC2(CC1)CNC2. The van der Waals surface area contributed by atoms with E-state index in [9.17, 15) is 0 Å². The number of ether oxygens (including phenoxy) is 1. The van der Waals surface area contributed by atoms with Gasteiger partial charge in [-0.3, -0.25) is 0 Å². The fourth-order valence-corrected chi connectivity index (χ4v) is 3.18. The van der Waals surface area contributed by atoms with Crippen molar-refractivity contribution in [1.82, 2.24) is 10.3 Å². The standard InChI is InChI=1S/C14H19ClN2O/c1-10-6-11(15)7-17-13(10)18-12-2-4-14(5-3-12)8-16-9-14/h6-7,12,16H,2-5,8-9H2,1H3. The third kappa shape index (κ3) is 2.34. The summed E-state index contributed by atoms with van der Waals surface area (Å²) in [6, 6.07) is 1.91. The maximum Gasteiger partial charge on any atom is 0.216 e. The molecular formula is C14H19ClN2O. The minimum Gasteiger partial charge on any atom is -0.474 e. The van der Waals surface area contributed by atoms with Crippen molar-refractivity contribution in [3.8, 4) is 5.88 Å². The Hall–Kier alpha value is -0.800. The average molecular weight is 267 g/mol.